The first-order valence-electron chi connectivity index (χ1n) is 7.28. The van der Waals surface area contributed by atoms with Gasteiger partial charge >= 0.3 is 0 Å². The minimum atomic E-state index is 0.728. The summed E-state index contributed by atoms with van der Waals surface area (Å²) in [6, 6.07) is 15.4. The van der Waals surface area contributed by atoms with Gasteiger partial charge < -0.3 is 0 Å². The summed E-state index contributed by atoms with van der Waals surface area (Å²) in [6.07, 6.45) is 0. The van der Waals surface area contributed by atoms with Gasteiger partial charge in [0.05, 0.1) is 11.4 Å². The van der Waals surface area contributed by atoms with Crippen molar-refractivity contribution in [2.75, 3.05) is 0 Å². The van der Waals surface area contributed by atoms with Crippen LogP contribution in [0.25, 0.3) is 22.5 Å². The lowest BCUT2D eigenvalue weighted by molar-refractivity contribution is 1.22. The van der Waals surface area contributed by atoms with Crippen LogP contribution in [0.2, 0.25) is 10.0 Å². The van der Waals surface area contributed by atoms with Crippen LogP contribution in [0.15, 0.2) is 68.0 Å². The standard InChI is InChI=1S/C18H10Cl2N2S3/c19-13-5-1-11(2-6-13)15-9-23-17(21-15)25-18-22-16(10-24-18)12-3-7-14(20)8-4-12/h1-10H. The number of halogens is 2. The van der Waals surface area contributed by atoms with E-state index in [2.05, 4.69) is 20.7 Å². The molecule has 0 aliphatic carbocycles. The topological polar surface area (TPSA) is 25.8 Å². The molecule has 0 unspecified atom stereocenters. The molecule has 4 rings (SSSR count). The maximum Gasteiger partial charge on any atom is 0.157 e. The summed E-state index contributed by atoms with van der Waals surface area (Å²) in [5.74, 6) is 0. The first-order chi connectivity index (χ1) is 12.2. The number of rotatable bonds is 4. The quantitative estimate of drug-likeness (QED) is 0.344. The highest BCUT2D eigenvalue weighted by Gasteiger charge is 2.10. The molecule has 0 saturated heterocycles. The minimum absolute atomic E-state index is 0.728. The fourth-order valence-electron chi connectivity index (χ4n) is 2.19. The van der Waals surface area contributed by atoms with Gasteiger partial charge in [-0.25, -0.2) is 9.97 Å². The second-order valence-electron chi connectivity index (χ2n) is 5.11. The molecule has 7 heteroatoms. The summed E-state index contributed by atoms with van der Waals surface area (Å²) in [5, 5.41) is 5.57. The van der Waals surface area contributed by atoms with Gasteiger partial charge in [0.2, 0.25) is 0 Å². The van der Waals surface area contributed by atoms with E-state index < -0.39 is 0 Å². The van der Waals surface area contributed by atoms with E-state index in [1.54, 1.807) is 34.4 Å². The fraction of sp³-hybridized carbons (Fsp3) is 0. The molecule has 25 heavy (non-hydrogen) atoms. The van der Waals surface area contributed by atoms with Gasteiger partial charge in [-0.05, 0) is 36.0 Å². The molecule has 4 aromatic rings. The van der Waals surface area contributed by atoms with E-state index in [1.807, 2.05) is 48.5 Å². The molecule has 0 amide bonds. The summed E-state index contributed by atoms with van der Waals surface area (Å²) >= 11 is 16.7. The van der Waals surface area contributed by atoms with Crippen molar-refractivity contribution in [3.8, 4) is 22.5 Å². The van der Waals surface area contributed by atoms with Crippen LogP contribution in [0.3, 0.4) is 0 Å². The van der Waals surface area contributed by atoms with E-state index in [0.29, 0.717) is 0 Å². The number of hydrogen-bond acceptors (Lipinski definition) is 5. The maximum atomic E-state index is 5.94. The molecule has 0 N–H and O–H groups in total. The fourth-order valence-corrected chi connectivity index (χ4v) is 5.29. The largest absolute Gasteiger partial charge is 0.229 e. The second kappa shape index (κ2) is 7.48. The molecule has 2 aromatic carbocycles. The lowest BCUT2D eigenvalue weighted by Gasteiger charge is -1.96. The zero-order chi connectivity index (χ0) is 17.2. The molecule has 0 radical (unpaired) electrons. The van der Waals surface area contributed by atoms with Gasteiger partial charge in [-0.3, -0.25) is 0 Å². The smallest absolute Gasteiger partial charge is 0.157 e. The number of thiazole rings is 2. The van der Waals surface area contributed by atoms with E-state index in [1.165, 1.54) is 0 Å². The summed E-state index contributed by atoms with van der Waals surface area (Å²) in [6.45, 7) is 0. The van der Waals surface area contributed by atoms with Crippen molar-refractivity contribution >= 4 is 57.6 Å². The highest BCUT2D eigenvalue weighted by atomic mass is 35.5. The number of nitrogens with zero attached hydrogens (tertiary/aromatic N) is 2. The van der Waals surface area contributed by atoms with Crippen molar-refractivity contribution < 1.29 is 0 Å². The van der Waals surface area contributed by atoms with E-state index in [-0.39, 0.29) is 0 Å². The molecule has 0 saturated carbocycles. The van der Waals surface area contributed by atoms with Gasteiger partial charge in [0, 0.05) is 31.9 Å². The van der Waals surface area contributed by atoms with Crippen molar-refractivity contribution in [2.24, 2.45) is 0 Å². The zero-order valence-corrected chi connectivity index (χ0v) is 16.6. The van der Waals surface area contributed by atoms with Crippen LogP contribution in [-0.2, 0) is 0 Å². The SMILES string of the molecule is Clc1ccc(-c2csc(Sc3nc(-c4ccc(Cl)cc4)cs3)n2)cc1. The maximum absolute atomic E-state index is 5.94. The Morgan fingerprint density at radius 1 is 0.640 bits per heavy atom. The summed E-state index contributed by atoms with van der Waals surface area (Å²) in [7, 11) is 0. The molecule has 0 bridgehead atoms. The average molecular weight is 421 g/mol. The molecule has 2 aromatic heterocycles. The zero-order valence-electron chi connectivity index (χ0n) is 12.6. The Hall–Kier alpha value is -1.37. The molecular formula is C18H10Cl2N2S3. The van der Waals surface area contributed by atoms with Crippen LogP contribution < -0.4 is 0 Å². The van der Waals surface area contributed by atoms with Crippen molar-refractivity contribution in [3.63, 3.8) is 0 Å². The third-order valence-corrected chi connectivity index (χ3v) is 6.80. The van der Waals surface area contributed by atoms with E-state index in [0.717, 1.165) is 41.2 Å². The summed E-state index contributed by atoms with van der Waals surface area (Å²) < 4.78 is 1.95. The van der Waals surface area contributed by atoms with Gasteiger partial charge in [0.1, 0.15) is 0 Å². The predicted molar refractivity (Wildman–Crippen MR) is 109 cm³/mol. The highest BCUT2D eigenvalue weighted by molar-refractivity contribution is 8.02. The first-order valence-corrected chi connectivity index (χ1v) is 10.6. The predicted octanol–water partition coefficient (Wildman–Crippen LogP) is 7.39. The van der Waals surface area contributed by atoms with Crippen LogP contribution in [0.5, 0.6) is 0 Å². The lowest BCUT2D eigenvalue weighted by Crippen LogP contribution is -1.79. The Bertz CT molecular complexity index is 910. The summed E-state index contributed by atoms with van der Waals surface area (Å²) in [5.41, 5.74) is 4.04. The van der Waals surface area contributed by atoms with Crippen LogP contribution in [0, 0.1) is 0 Å². The molecular weight excluding hydrogens is 411 g/mol. The van der Waals surface area contributed by atoms with E-state index in [9.17, 15) is 0 Å². The van der Waals surface area contributed by atoms with Gasteiger partial charge in [0.25, 0.3) is 0 Å². The molecule has 0 aliphatic heterocycles. The first kappa shape index (κ1) is 17.1. The highest BCUT2D eigenvalue weighted by Crippen LogP contribution is 2.36. The third-order valence-electron chi connectivity index (χ3n) is 3.42. The Kier molecular flexibility index (Phi) is 5.10. The molecule has 0 spiro atoms. The van der Waals surface area contributed by atoms with Crippen molar-refractivity contribution in [3.05, 3.63) is 69.3 Å². The number of hydrogen-bond donors (Lipinski definition) is 0. The minimum Gasteiger partial charge on any atom is -0.229 e. The van der Waals surface area contributed by atoms with Gasteiger partial charge in [-0.1, -0.05) is 47.5 Å². The Morgan fingerprint density at radius 3 is 1.44 bits per heavy atom. The van der Waals surface area contributed by atoms with Crippen LogP contribution in [0.1, 0.15) is 0 Å². The molecule has 0 atom stereocenters. The van der Waals surface area contributed by atoms with Crippen LogP contribution in [-0.4, -0.2) is 9.97 Å². The average Bonchev–Trinajstić information content (AvgIpc) is 3.27. The third kappa shape index (κ3) is 4.07. The van der Waals surface area contributed by atoms with E-state index >= 15 is 0 Å². The van der Waals surface area contributed by atoms with Crippen molar-refractivity contribution in [1.29, 1.82) is 0 Å². The van der Waals surface area contributed by atoms with Crippen LogP contribution in [0.4, 0.5) is 0 Å². The normalized spacial score (nSPS) is 11.0. The Morgan fingerprint density at radius 2 is 1.04 bits per heavy atom. The number of aromatic nitrogens is 2. The summed E-state index contributed by atoms with van der Waals surface area (Å²) in [4.78, 5) is 9.37. The van der Waals surface area contributed by atoms with Crippen LogP contribution >= 0.6 is 57.6 Å². The van der Waals surface area contributed by atoms with Gasteiger partial charge in [-0.2, -0.15) is 0 Å². The lowest BCUT2D eigenvalue weighted by atomic mass is 10.2. The van der Waals surface area contributed by atoms with Crippen molar-refractivity contribution in [1.82, 2.24) is 9.97 Å². The molecule has 2 heterocycles. The molecule has 0 aliphatic rings. The Balaban J connectivity index is 1.51. The molecule has 124 valence electrons. The number of benzene rings is 2. The molecule has 0 fully saturated rings. The van der Waals surface area contributed by atoms with Gasteiger partial charge in [0.15, 0.2) is 8.68 Å². The molecule has 2 nitrogen and oxygen atoms in total. The second-order valence-corrected chi connectivity index (χ2v) is 9.20. The van der Waals surface area contributed by atoms with Gasteiger partial charge in [-0.15, -0.1) is 22.7 Å². The Labute approximate surface area is 167 Å². The van der Waals surface area contributed by atoms with E-state index in [4.69, 9.17) is 23.2 Å². The van der Waals surface area contributed by atoms with Crippen molar-refractivity contribution in [2.45, 2.75) is 8.68 Å². The monoisotopic (exact) mass is 420 g/mol.